The number of fused-ring (bicyclic) bond motifs is 2. The number of amides is 1. The molecule has 30 heavy (non-hydrogen) atoms. The van der Waals surface area contributed by atoms with Gasteiger partial charge in [-0.3, -0.25) is 4.79 Å². The molecule has 2 fully saturated rings. The third-order valence-corrected chi connectivity index (χ3v) is 8.33. The lowest BCUT2D eigenvalue weighted by Crippen LogP contribution is -2.40. The van der Waals surface area contributed by atoms with Crippen LogP contribution in [0.2, 0.25) is 5.02 Å². The Morgan fingerprint density at radius 1 is 1.07 bits per heavy atom. The average molecular weight is 447 g/mol. The minimum Gasteiger partial charge on any atom is -0.326 e. The van der Waals surface area contributed by atoms with Crippen LogP contribution in [0.1, 0.15) is 38.2 Å². The number of benzene rings is 2. The molecule has 4 unspecified atom stereocenters. The third-order valence-electron chi connectivity index (χ3n) is 6.50. The Hall–Kier alpha value is -1.89. The second-order valence-corrected chi connectivity index (χ2v) is 10.8. The Balaban J connectivity index is 1.35. The van der Waals surface area contributed by atoms with E-state index in [-0.39, 0.29) is 23.3 Å². The van der Waals surface area contributed by atoms with Crippen molar-refractivity contribution >= 4 is 33.2 Å². The molecule has 2 aliphatic carbocycles. The highest BCUT2D eigenvalue weighted by molar-refractivity contribution is 7.89. The summed E-state index contributed by atoms with van der Waals surface area (Å²) in [6, 6.07) is 13.3. The van der Waals surface area contributed by atoms with E-state index in [4.69, 9.17) is 11.6 Å². The zero-order valence-electron chi connectivity index (χ0n) is 17.0. The van der Waals surface area contributed by atoms with Crippen LogP contribution in [-0.4, -0.2) is 20.4 Å². The van der Waals surface area contributed by atoms with E-state index in [1.807, 2.05) is 6.92 Å². The van der Waals surface area contributed by atoms with Crippen LogP contribution in [0.3, 0.4) is 0 Å². The third kappa shape index (κ3) is 4.88. The molecule has 0 saturated heterocycles. The molecule has 2 N–H and O–H groups in total. The predicted molar refractivity (Wildman–Crippen MR) is 119 cm³/mol. The van der Waals surface area contributed by atoms with Crippen LogP contribution in [0.15, 0.2) is 53.4 Å². The van der Waals surface area contributed by atoms with E-state index < -0.39 is 10.0 Å². The van der Waals surface area contributed by atoms with Gasteiger partial charge in [0, 0.05) is 16.8 Å². The van der Waals surface area contributed by atoms with E-state index in [1.165, 1.54) is 31.4 Å². The van der Waals surface area contributed by atoms with Gasteiger partial charge in [-0.05, 0) is 85.9 Å². The Morgan fingerprint density at radius 2 is 1.77 bits per heavy atom. The number of nitrogens with one attached hydrogen (secondary N) is 2. The predicted octanol–water partition coefficient (Wildman–Crippen LogP) is 4.62. The van der Waals surface area contributed by atoms with Crippen LogP contribution < -0.4 is 10.0 Å². The highest BCUT2D eigenvalue weighted by Gasteiger charge is 2.42. The number of carbonyl (C=O) groups is 1. The smallest absolute Gasteiger partial charge is 0.240 e. The van der Waals surface area contributed by atoms with E-state index in [0.717, 1.165) is 17.9 Å². The summed E-state index contributed by atoms with van der Waals surface area (Å²) in [6.07, 6.45) is 5.13. The Bertz CT molecular complexity index is 1010. The van der Waals surface area contributed by atoms with Gasteiger partial charge in [0.25, 0.3) is 0 Å². The standard InChI is InChI=1S/C23H27ClN2O3S/c1-15(22-13-17-2-5-18(22)12-17)26-30(28,29)21-10-8-20(9-11-21)25-23(27)14-16-3-6-19(24)7-4-16/h3-4,6-11,15,17-18,22,26H,2,5,12-14H2,1H3,(H,25,27). The van der Waals surface area contributed by atoms with Crippen LogP contribution in [0.4, 0.5) is 5.69 Å². The van der Waals surface area contributed by atoms with Crippen molar-refractivity contribution in [3.63, 3.8) is 0 Å². The first-order valence-electron chi connectivity index (χ1n) is 10.5. The summed E-state index contributed by atoms with van der Waals surface area (Å²) in [5.41, 5.74) is 1.42. The van der Waals surface area contributed by atoms with Crippen molar-refractivity contribution in [3.8, 4) is 0 Å². The number of rotatable bonds is 7. The topological polar surface area (TPSA) is 75.3 Å². The van der Waals surface area contributed by atoms with Crippen molar-refractivity contribution in [2.24, 2.45) is 17.8 Å². The number of anilines is 1. The lowest BCUT2D eigenvalue weighted by molar-refractivity contribution is -0.115. The van der Waals surface area contributed by atoms with Gasteiger partial charge in [0.1, 0.15) is 0 Å². The molecule has 2 bridgehead atoms. The molecule has 2 aliphatic rings. The van der Waals surface area contributed by atoms with Crippen LogP contribution in [0, 0.1) is 17.8 Å². The van der Waals surface area contributed by atoms with Gasteiger partial charge in [-0.2, -0.15) is 0 Å². The minimum absolute atomic E-state index is 0.0657. The van der Waals surface area contributed by atoms with Gasteiger partial charge >= 0.3 is 0 Å². The first kappa shape index (κ1) is 21.3. The van der Waals surface area contributed by atoms with Gasteiger partial charge < -0.3 is 5.32 Å². The van der Waals surface area contributed by atoms with Crippen LogP contribution in [0.25, 0.3) is 0 Å². The SMILES string of the molecule is CC(NS(=O)(=O)c1ccc(NC(=O)Cc2ccc(Cl)cc2)cc1)C1CC2CCC1C2. The fraction of sp³-hybridized carbons (Fsp3) is 0.435. The fourth-order valence-corrected chi connectivity index (χ4v) is 6.44. The maximum atomic E-state index is 12.8. The summed E-state index contributed by atoms with van der Waals surface area (Å²) in [4.78, 5) is 12.4. The Labute approximate surface area is 183 Å². The van der Waals surface area contributed by atoms with E-state index in [0.29, 0.717) is 22.5 Å². The molecule has 7 heteroatoms. The molecule has 0 spiro atoms. The summed E-state index contributed by atoms with van der Waals surface area (Å²) >= 11 is 5.86. The summed E-state index contributed by atoms with van der Waals surface area (Å²) in [7, 11) is -3.59. The first-order valence-corrected chi connectivity index (χ1v) is 12.3. The zero-order chi connectivity index (χ0) is 21.3. The Morgan fingerprint density at radius 3 is 2.37 bits per heavy atom. The maximum absolute atomic E-state index is 12.8. The van der Waals surface area contributed by atoms with E-state index in [1.54, 1.807) is 36.4 Å². The molecule has 2 aromatic rings. The molecular weight excluding hydrogens is 420 g/mol. The van der Waals surface area contributed by atoms with Crippen molar-refractivity contribution in [2.45, 2.75) is 50.0 Å². The molecule has 5 nitrogen and oxygen atoms in total. The number of hydrogen-bond donors (Lipinski definition) is 2. The molecule has 0 aromatic heterocycles. The van der Waals surface area contributed by atoms with Gasteiger partial charge in [0.2, 0.25) is 15.9 Å². The van der Waals surface area contributed by atoms with E-state index in [9.17, 15) is 13.2 Å². The number of carbonyl (C=O) groups excluding carboxylic acids is 1. The summed E-state index contributed by atoms with van der Waals surface area (Å²) in [5, 5.41) is 3.42. The summed E-state index contributed by atoms with van der Waals surface area (Å²) in [6.45, 7) is 1.98. The van der Waals surface area contributed by atoms with Crippen LogP contribution in [-0.2, 0) is 21.2 Å². The molecular formula is C23H27ClN2O3S. The van der Waals surface area contributed by atoms with Crippen molar-refractivity contribution in [1.29, 1.82) is 0 Å². The second-order valence-electron chi connectivity index (χ2n) is 8.62. The van der Waals surface area contributed by atoms with Gasteiger partial charge in [0.15, 0.2) is 0 Å². The normalized spacial score (nSPS) is 24.0. The lowest BCUT2D eigenvalue weighted by Gasteiger charge is -2.28. The van der Waals surface area contributed by atoms with Gasteiger partial charge in [-0.1, -0.05) is 30.2 Å². The lowest BCUT2D eigenvalue weighted by atomic mass is 9.84. The number of sulfonamides is 1. The second kappa shape index (κ2) is 8.69. The molecule has 2 aromatic carbocycles. The van der Waals surface area contributed by atoms with Gasteiger partial charge in [-0.15, -0.1) is 0 Å². The van der Waals surface area contributed by atoms with Crippen LogP contribution >= 0.6 is 11.6 Å². The summed E-state index contributed by atoms with van der Waals surface area (Å²) < 4.78 is 28.5. The van der Waals surface area contributed by atoms with Crippen molar-refractivity contribution in [3.05, 3.63) is 59.1 Å². The van der Waals surface area contributed by atoms with E-state index >= 15 is 0 Å². The summed E-state index contributed by atoms with van der Waals surface area (Å²) in [5.74, 6) is 1.70. The monoisotopic (exact) mass is 446 g/mol. The molecule has 0 heterocycles. The van der Waals surface area contributed by atoms with Crippen LogP contribution in [0.5, 0.6) is 0 Å². The van der Waals surface area contributed by atoms with Gasteiger partial charge in [0.05, 0.1) is 11.3 Å². The molecule has 1 amide bonds. The molecule has 0 radical (unpaired) electrons. The molecule has 0 aliphatic heterocycles. The molecule has 2 saturated carbocycles. The number of hydrogen-bond acceptors (Lipinski definition) is 3. The van der Waals surface area contributed by atoms with Crippen molar-refractivity contribution in [1.82, 2.24) is 4.72 Å². The van der Waals surface area contributed by atoms with Gasteiger partial charge in [-0.25, -0.2) is 13.1 Å². The number of halogens is 1. The average Bonchev–Trinajstić information content (AvgIpc) is 3.33. The maximum Gasteiger partial charge on any atom is 0.240 e. The molecule has 4 rings (SSSR count). The highest BCUT2D eigenvalue weighted by atomic mass is 35.5. The van der Waals surface area contributed by atoms with E-state index in [2.05, 4.69) is 10.0 Å². The Kier molecular flexibility index (Phi) is 6.19. The largest absolute Gasteiger partial charge is 0.326 e. The van der Waals surface area contributed by atoms with Crippen molar-refractivity contribution in [2.75, 3.05) is 5.32 Å². The fourth-order valence-electron chi connectivity index (χ4n) is 5.02. The quantitative estimate of drug-likeness (QED) is 0.651. The molecule has 160 valence electrons. The first-order chi connectivity index (χ1) is 14.3. The van der Waals surface area contributed by atoms with Crippen molar-refractivity contribution < 1.29 is 13.2 Å². The zero-order valence-corrected chi connectivity index (χ0v) is 18.5. The highest BCUT2D eigenvalue weighted by Crippen LogP contribution is 2.49. The molecule has 4 atom stereocenters. The minimum atomic E-state index is -3.59.